The molecule has 0 fully saturated rings. The van der Waals surface area contributed by atoms with Gasteiger partial charge in [0, 0.05) is 11.4 Å². The van der Waals surface area contributed by atoms with E-state index >= 15 is 0 Å². The summed E-state index contributed by atoms with van der Waals surface area (Å²) in [6.07, 6.45) is 0. The van der Waals surface area contributed by atoms with Crippen molar-refractivity contribution in [1.82, 2.24) is 5.32 Å². The first-order chi connectivity index (χ1) is 10.8. The SMILES string of the molecule is O=C(NCC#CCOc1ccc2c(c1)OCO2)c1ccsc1. The van der Waals surface area contributed by atoms with E-state index in [0.29, 0.717) is 23.6 Å². The van der Waals surface area contributed by atoms with E-state index in [9.17, 15) is 4.79 Å². The van der Waals surface area contributed by atoms with E-state index in [1.54, 1.807) is 29.6 Å². The maximum absolute atomic E-state index is 11.6. The minimum atomic E-state index is -0.118. The molecule has 1 aliphatic heterocycles. The second-order valence-corrected chi connectivity index (χ2v) is 5.13. The van der Waals surface area contributed by atoms with E-state index in [4.69, 9.17) is 14.2 Å². The molecule has 1 aromatic carbocycles. The van der Waals surface area contributed by atoms with Crippen LogP contribution in [0.2, 0.25) is 0 Å². The van der Waals surface area contributed by atoms with Crippen LogP contribution in [0.4, 0.5) is 0 Å². The van der Waals surface area contributed by atoms with Gasteiger partial charge in [-0.25, -0.2) is 0 Å². The molecule has 0 saturated heterocycles. The van der Waals surface area contributed by atoms with Gasteiger partial charge in [-0.1, -0.05) is 11.8 Å². The Bertz CT molecular complexity index is 715. The first-order valence-electron chi connectivity index (χ1n) is 6.61. The molecule has 2 aromatic rings. The van der Waals surface area contributed by atoms with Crippen LogP contribution in [0.25, 0.3) is 0 Å². The molecule has 2 heterocycles. The molecule has 1 amide bonds. The second kappa shape index (κ2) is 6.87. The van der Waals surface area contributed by atoms with Gasteiger partial charge in [-0.3, -0.25) is 4.79 Å². The highest BCUT2D eigenvalue weighted by molar-refractivity contribution is 7.08. The first-order valence-corrected chi connectivity index (χ1v) is 7.56. The summed E-state index contributed by atoms with van der Waals surface area (Å²) >= 11 is 1.49. The molecule has 0 saturated carbocycles. The van der Waals surface area contributed by atoms with Crippen molar-refractivity contribution in [2.24, 2.45) is 0 Å². The summed E-state index contributed by atoms with van der Waals surface area (Å²) in [5, 5.41) is 6.38. The number of hydrogen-bond acceptors (Lipinski definition) is 5. The average molecular weight is 315 g/mol. The third-order valence-corrected chi connectivity index (χ3v) is 3.58. The van der Waals surface area contributed by atoms with Crippen LogP contribution in [0.5, 0.6) is 17.2 Å². The predicted octanol–water partition coefficient (Wildman–Crippen LogP) is 2.29. The number of fused-ring (bicyclic) bond motifs is 1. The third kappa shape index (κ3) is 3.51. The number of carbonyl (C=O) groups excluding carboxylic acids is 1. The maximum Gasteiger partial charge on any atom is 0.252 e. The Morgan fingerprint density at radius 1 is 1.27 bits per heavy atom. The highest BCUT2D eigenvalue weighted by Crippen LogP contribution is 2.34. The number of ether oxygens (including phenoxy) is 3. The zero-order valence-corrected chi connectivity index (χ0v) is 12.4. The molecule has 0 spiro atoms. The molecule has 0 bridgehead atoms. The van der Waals surface area contributed by atoms with Crippen LogP contribution in [-0.2, 0) is 0 Å². The normalized spacial score (nSPS) is 11.5. The van der Waals surface area contributed by atoms with Crippen molar-refractivity contribution in [1.29, 1.82) is 0 Å². The Hall–Kier alpha value is -2.65. The average Bonchev–Trinajstić information content (AvgIpc) is 3.20. The van der Waals surface area contributed by atoms with Crippen molar-refractivity contribution in [2.75, 3.05) is 19.9 Å². The van der Waals surface area contributed by atoms with E-state index in [1.807, 2.05) is 5.38 Å². The fourth-order valence-corrected chi connectivity index (χ4v) is 2.46. The summed E-state index contributed by atoms with van der Waals surface area (Å²) in [5.74, 6) is 7.63. The monoisotopic (exact) mass is 315 g/mol. The summed E-state index contributed by atoms with van der Waals surface area (Å²) in [5.41, 5.74) is 0.656. The lowest BCUT2D eigenvalue weighted by atomic mass is 10.3. The lowest BCUT2D eigenvalue weighted by Crippen LogP contribution is -2.23. The molecule has 0 atom stereocenters. The predicted molar refractivity (Wildman–Crippen MR) is 82.5 cm³/mol. The second-order valence-electron chi connectivity index (χ2n) is 4.35. The number of thiophene rings is 1. The van der Waals surface area contributed by atoms with Gasteiger partial charge in [-0.05, 0) is 23.6 Å². The number of carbonyl (C=O) groups is 1. The topological polar surface area (TPSA) is 56.8 Å². The van der Waals surface area contributed by atoms with Gasteiger partial charge >= 0.3 is 0 Å². The van der Waals surface area contributed by atoms with Gasteiger partial charge in [0.15, 0.2) is 11.5 Å². The van der Waals surface area contributed by atoms with E-state index in [0.717, 1.165) is 5.75 Å². The third-order valence-electron chi connectivity index (χ3n) is 2.90. The van der Waals surface area contributed by atoms with Crippen molar-refractivity contribution >= 4 is 17.2 Å². The minimum Gasteiger partial charge on any atom is -0.481 e. The van der Waals surface area contributed by atoms with Crippen LogP contribution in [0.1, 0.15) is 10.4 Å². The zero-order chi connectivity index (χ0) is 15.2. The zero-order valence-electron chi connectivity index (χ0n) is 11.6. The van der Waals surface area contributed by atoms with Crippen LogP contribution in [0, 0.1) is 11.8 Å². The number of rotatable bonds is 4. The molecule has 0 radical (unpaired) electrons. The molecule has 6 heteroatoms. The minimum absolute atomic E-state index is 0.118. The fraction of sp³-hybridized carbons (Fsp3) is 0.188. The van der Waals surface area contributed by atoms with Gasteiger partial charge in [0.2, 0.25) is 6.79 Å². The molecule has 1 aliphatic rings. The Balaban J connectivity index is 1.41. The summed E-state index contributed by atoms with van der Waals surface area (Å²) < 4.78 is 16.0. The Morgan fingerprint density at radius 2 is 2.18 bits per heavy atom. The van der Waals surface area contributed by atoms with Crippen molar-refractivity contribution in [3.05, 3.63) is 40.6 Å². The quantitative estimate of drug-likeness (QED) is 0.880. The molecule has 1 aromatic heterocycles. The van der Waals surface area contributed by atoms with E-state index in [2.05, 4.69) is 17.2 Å². The van der Waals surface area contributed by atoms with Crippen LogP contribution < -0.4 is 19.5 Å². The van der Waals surface area contributed by atoms with Gasteiger partial charge in [0.1, 0.15) is 12.4 Å². The first kappa shape index (κ1) is 14.3. The number of nitrogens with one attached hydrogen (secondary N) is 1. The van der Waals surface area contributed by atoms with Crippen molar-refractivity contribution in [3.8, 4) is 29.1 Å². The van der Waals surface area contributed by atoms with Crippen molar-refractivity contribution in [3.63, 3.8) is 0 Å². The molecule has 0 aliphatic carbocycles. The van der Waals surface area contributed by atoms with Gasteiger partial charge < -0.3 is 19.5 Å². The van der Waals surface area contributed by atoms with E-state index in [1.165, 1.54) is 11.3 Å². The molecule has 0 unspecified atom stereocenters. The molecular formula is C16H13NO4S. The van der Waals surface area contributed by atoms with Crippen molar-refractivity contribution in [2.45, 2.75) is 0 Å². The van der Waals surface area contributed by atoms with E-state index in [-0.39, 0.29) is 19.3 Å². The summed E-state index contributed by atoms with van der Waals surface area (Å²) in [6.45, 7) is 0.773. The molecule has 3 rings (SSSR count). The van der Waals surface area contributed by atoms with Crippen LogP contribution >= 0.6 is 11.3 Å². The van der Waals surface area contributed by atoms with Crippen molar-refractivity contribution < 1.29 is 19.0 Å². The molecule has 112 valence electrons. The highest BCUT2D eigenvalue weighted by Gasteiger charge is 2.13. The lowest BCUT2D eigenvalue weighted by molar-refractivity contribution is 0.0959. The van der Waals surface area contributed by atoms with Crippen LogP contribution in [0.3, 0.4) is 0 Å². The molecule has 1 N–H and O–H groups in total. The lowest BCUT2D eigenvalue weighted by Gasteiger charge is -2.02. The highest BCUT2D eigenvalue weighted by atomic mass is 32.1. The van der Waals surface area contributed by atoms with Crippen LogP contribution in [0.15, 0.2) is 35.0 Å². The molecule has 22 heavy (non-hydrogen) atoms. The summed E-state index contributed by atoms with van der Waals surface area (Å²) in [6, 6.07) is 7.14. The fourth-order valence-electron chi connectivity index (χ4n) is 1.82. The summed E-state index contributed by atoms with van der Waals surface area (Å²) in [7, 11) is 0. The number of amides is 1. The summed E-state index contributed by atoms with van der Waals surface area (Å²) in [4.78, 5) is 11.6. The molecule has 5 nitrogen and oxygen atoms in total. The standard InChI is InChI=1S/C16H13NO4S/c18-16(12-5-8-22-10-12)17-6-1-2-7-19-13-3-4-14-15(9-13)21-11-20-14/h3-5,8-10H,6-7,11H2,(H,17,18). The Kier molecular flexibility index (Phi) is 4.47. The van der Waals surface area contributed by atoms with Gasteiger partial charge in [-0.2, -0.15) is 11.3 Å². The van der Waals surface area contributed by atoms with Gasteiger partial charge in [0.25, 0.3) is 5.91 Å². The van der Waals surface area contributed by atoms with Gasteiger partial charge in [0.05, 0.1) is 12.1 Å². The largest absolute Gasteiger partial charge is 0.481 e. The number of hydrogen-bond donors (Lipinski definition) is 1. The van der Waals surface area contributed by atoms with Crippen LogP contribution in [-0.4, -0.2) is 25.9 Å². The smallest absolute Gasteiger partial charge is 0.252 e. The Labute approximate surface area is 131 Å². The Morgan fingerprint density at radius 3 is 3.05 bits per heavy atom. The maximum atomic E-state index is 11.6. The van der Waals surface area contributed by atoms with Gasteiger partial charge in [-0.15, -0.1) is 0 Å². The number of benzene rings is 1. The van der Waals surface area contributed by atoms with E-state index < -0.39 is 0 Å². The molecular weight excluding hydrogens is 302 g/mol.